The van der Waals surface area contributed by atoms with Gasteiger partial charge in [-0.2, -0.15) is 4.98 Å². The van der Waals surface area contributed by atoms with Crippen molar-refractivity contribution in [2.45, 2.75) is 12.8 Å². The predicted octanol–water partition coefficient (Wildman–Crippen LogP) is 0.543. The van der Waals surface area contributed by atoms with Crippen LogP contribution in [0.25, 0.3) is 0 Å². The predicted molar refractivity (Wildman–Crippen MR) is 69.5 cm³/mol. The van der Waals surface area contributed by atoms with E-state index in [1.807, 2.05) is 18.2 Å². The van der Waals surface area contributed by atoms with Gasteiger partial charge < -0.3 is 15.6 Å². The largest absolute Gasteiger partial charge is 0.352 e. The molecule has 0 fully saturated rings. The third kappa shape index (κ3) is 3.62. The summed E-state index contributed by atoms with van der Waals surface area (Å²) in [6.45, 7) is 0.976. The second kappa shape index (κ2) is 6.65. The standard InChI is InChI=1S/C13H16N4O2/c14-7-5-10-3-1-2-4-11(10)13(18)15-8-6-12-16-9-17-19-12/h1-4,9H,5-8,14H2,(H,15,18). The number of amides is 1. The molecule has 0 saturated heterocycles. The van der Waals surface area contributed by atoms with Crippen LogP contribution in [0.3, 0.4) is 0 Å². The van der Waals surface area contributed by atoms with Gasteiger partial charge >= 0.3 is 0 Å². The Balaban J connectivity index is 1.92. The number of rotatable bonds is 6. The molecule has 6 heteroatoms. The maximum Gasteiger partial charge on any atom is 0.251 e. The van der Waals surface area contributed by atoms with Crippen LogP contribution in [0.15, 0.2) is 35.1 Å². The van der Waals surface area contributed by atoms with E-state index < -0.39 is 0 Å². The number of benzene rings is 1. The van der Waals surface area contributed by atoms with Crippen LogP contribution in [-0.2, 0) is 12.8 Å². The lowest BCUT2D eigenvalue weighted by atomic mass is 10.0. The van der Waals surface area contributed by atoms with Crippen LogP contribution < -0.4 is 11.1 Å². The Morgan fingerprint density at radius 2 is 2.16 bits per heavy atom. The molecule has 0 aliphatic heterocycles. The number of aromatic nitrogens is 2. The minimum absolute atomic E-state index is 0.108. The lowest BCUT2D eigenvalue weighted by Crippen LogP contribution is -2.27. The molecule has 1 aromatic carbocycles. The fourth-order valence-corrected chi connectivity index (χ4v) is 1.80. The quantitative estimate of drug-likeness (QED) is 0.790. The molecule has 0 aliphatic rings. The molecule has 3 N–H and O–H groups in total. The highest BCUT2D eigenvalue weighted by atomic mass is 16.5. The number of nitrogens with zero attached hydrogens (tertiary/aromatic N) is 2. The first-order valence-corrected chi connectivity index (χ1v) is 6.13. The second-order valence-corrected chi connectivity index (χ2v) is 4.04. The third-order valence-electron chi connectivity index (χ3n) is 2.71. The van der Waals surface area contributed by atoms with E-state index in [0.29, 0.717) is 37.4 Å². The number of carbonyl (C=O) groups is 1. The first-order valence-electron chi connectivity index (χ1n) is 6.13. The van der Waals surface area contributed by atoms with Gasteiger partial charge in [0.15, 0.2) is 6.33 Å². The molecule has 0 radical (unpaired) electrons. The summed E-state index contributed by atoms with van der Waals surface area (Å²) in [6.07, 6.45) is 2.55. The van der Waals surface area contributed by atoms with Gasteiger partial charge in [-0.25, -0.2) is 0 Å². The molecule has 0 unspecified atom stereocenters. The zero-order chi connectivity index (χ0) is 13.5. The van der Waals surface area contributed by atoms with Gasteiger partial charge in [-0.1, -0.05) is 23.4 Å². The van der Waals surface area contributed by atoms with E-state index in [9.17, 15) is 4.79 Å². The summed E-state index contributed by atoms with van der Waals surface area (Å²) in [5.74, 6) is 0.402. The summed E-state index contributed by atoms with van der Waals surface area (Å²) in [7, 11) is 0. The summed E-state index contributed by atoms with van der Waals surface area (Å²) in [6, 6.07) is 7.46. The van der Waals surface area contributed by atoms with Gasteiger partial charge in [0.05, 0.1) is 0 Å². The molecule has 0 bridgehead atoms. The number of hydrogen-bond acceptors (Lipinski definition) is 5. The highest BCUT2D eigenvalue weighted by Crippen LogP contribution is 2.09. The molecule has 0 spiro atoms. The Hall–Kier alpha value is -2.21. The fourth-order valence-electron chi connectivity index (χ4n) is 1.80. The molecule has 19 heavy (non-hydrogen) atoms. The van der Waals surface area contributed by atoms with E-state index in [1.54, 1.807) is 6.07 Å². The minimum atomic E-state index is -0.108. The van der Waals surface area contributed by atoms with Gasteiger partial charge in [0.2, 0.25) is 5.89 Å². The molecule has 6 nitrogen and oxygen atoms in total. The molecule has 0 saturated carbocycles. The van der Waals surface area contributed by atoms with E-state index in [4.69, 9.17) is 10.3 Å². The Kier molecular flexibility index (Phi) is 4.63. The number of carbonyl (C=O) groups excluding carboxylic acids is 1. The van der Waals surface area contributed by atoms with Gasteiger partial charge in [0.1, 0.15) is 0 Å². The van der Waals surface area contributed by atoms with E-state index >= 15 is 0 Å². The SMILES string of the molecule is NCCc1ccccc1C(=O)NCCc1ncno1. The molecular weight excluding hydrogens is 244 g/mol. The Morgan fingerprint density at radius 3 is 2.89 bits per heavy atom. The average Bonchev–Trinajstić information content (AvgIpc) is 2.93. The first kappa shape index (κ1) is 13.2. The van der Waals surface area contributed by atoms with E-state index in [2.05, 4.69) is 15.5 Å². The lowest BCUT2D eigenvalue weighted by molar-refractivity contribution is 0.0952. The first-order chi connectivity index (χ1) is 9.31. The van der Waals surface area contributed by atoms with Crippen molar-refractivity contribution in [3.8, 4) is 0 Å². The summed E-state index contributed by atoms with van der Waals surface area (Å²) in [5, 5.41) is 6.33. The molecule has 1 amide bonds. The molecule has 1 aromatic heterocycles. The smallest absolute Gasteiger partial charge is 0.251 e. The highest BCUT2D eigenvalue weighted by molar-refractivity contribution is 5.95. The molecule has 1 heterocycles. The van der Waals surface area contributed by atoms with Crippen molar-refractivity contribution in [2.75, 3.05) is 13.1 Å². The number of nitrogens with two attached hydrogens (primary N) is 1. The highest BCUT2D eigenvalue weighted by Gasteiger charge is 2.10. The van der Waals surface area contributed by atoms with Crippen LogP contribution in [0.4, 0.5) is 0 Å². The maximum atomic E-state index is 12.1. The lowest BCUT2D eigenvalue weighted by Gasteiger charge is -2.08. The second-order valence-electron chi connectivity index (χ2n) is 4.04. The van der Waals surface area contributed by atoms with Crippen LogP contribution in [0.2, 0.25) is 0 Å². The van der Waals surface area contributed by atoms with Crippen LogP contribution in [-0.4, -0.2) is 29.1 Å². The number of hydrogen-bond donors (Lipinski definition) is 2. The van der Waals surface area contributed by atoms with Crippen molar-refractivity contribution in [1.82, 2.24) is 15.5 Å². The van der Waals surface area contributed by atoms with Crippen LogP contribution in [0.1, 0.15) is 21.8 Å². The third-order valence-corrected chi connectivity index (χ3v) is 2.71. The Bertz CT molecular complexity index is 525. The minimum Gasteiger partial charge on any atom is -0.352 e. The fraction of sp³-hybridized carbons (Fsp3) is 0.308. The van der Waals surface area contributed by atoms with E-state index in [-0.39, 0.29) is 5.91 Å². The van der Waals surface area contributed by atoms with E-state index in [1.165, 1.54) is 6.33 Å². The summed E-state index contributed by atoms with van der Waals surface area (Å²) in [4.78, 5) is 15.9. The van der Waals surface area contributed by atoms with Crippen molar-refractivity contribution >= 4 is 5.91 Å². The normalized spacial score (nSPS) is 10.4. The van der Waals surface area contributed by atoms with E-state index in [0.717, 1.165) is 5.56 Å². The van der Waals surface area contributed by atoms with Crippen molar-refractivity contribution in [1.29, 1.82) is 0 Å². The molecule has 0 aliphatic carbocycles. The van der Waals surface area contributed by atoms with Crippen molar-refractivity contribution in [3.05, 3.63) is 47.6 Å². The van der Waals surface area contributed by atoms with Gasteiger partial charge in [-0.05, 0) is 24.6 Å². The van der Waals surface area contributed by atoms with Crippen LogP contribution in [0.5, 0.6) is 0 Å². The molecule has 2 rings (SSSR count). The average molecular weight is 260 g/mol. The Labute approximate surface area is 111 Å². The van der Waals surface area contributed by atoms with Crippen LogP contribution >= 0.6 is 0 Å². The molecule has 0 atom stereocenters. The monoisotopic (exact) mass is 260 g/mol. The Morgan fingerprint density at radius 1 is 1.32 bits per heavy atom. The molecule has 2 aromatic rings. The van der Waals surface area contributed by atoms with Crippen LogP contribution in [0, 0.1) is 0 Å². The molecule has 100 valence electrons. The zero-order valence-corrected chi connectivity index (χ0v) is 10.5. The summed E-state index contributed by atoms with van der Waals surface area (Å²) >= 11 is 0. The maximum absolute atomic E-state index is 12.1. The van der Waals surface area contributed by atoms with Crippen molar-refractivity contribution in [2.24, 2.45) is 5.73 Å². The van der Waals surface area contributed by atoms with Gasteiger partial charge in [-0.15, -0.1) is 0 Å². The van der Waals surface area contributed by atoms with Gasteiger partial charge in [-0.3, -0.25) is 4.79 Å². The molecular formula is C13H16N4O2. The zero-order valence-electron chi connectivity index (χ0n) is 10.5. The van der Waals surface area contributed by atoms with Gasteiger partial charge in [0, 0.05) is 18.5 Å². The van der Waals surface area contributed by atoms with Crippen molar-refractivity contribution < 1.29 is 9.32 Å². The number of nitrogens with one attached hydrogen (secondary N) is 1. The summed E-state index contributed by atoms with van der Waals surface area (Å²) in [5.41, 5.74) is 7.16. The summed E-state index contributed by atoms with van der Waals surface area (Å²) < 4.78 is 4.85. The topological polar surface area (TPSA) is 94.0 Å². The van der Waals surface area contributed by atoms with Crippen molar-refractivity contribution in [3.63, 3.8) is 0 Å². The van der Waals surface area contributed by atoms with Gasteiger partial charge in [0.25, 0.3) is 5.91 Å².